The summed E-state index contributed by atoms with van der Waals surface area (Å²) in [6.07, 6.45) is 5.05. The topological polar surface area (TPSA) is 30.2 Å². The second kappa shape index (κ2) is 5.30. The second-order valence-electron chi connectivity index (χ2n) is 2.79. The summed E-state index contributed by atoms with van der Waals surface area (Å²) in [6.45, 7) is 2.26. The van der Waals surface area contributed by atoms with Gasteiger partial charge in [0, 0.05) is 18.6 Å². The lowest BCUT2D eigenvalue weighted by atomic mass is 10.3. The molecule has 1 aromatic heterocycles. The first kappa shape index (κ1) is 9.71. The van der Waals surface area contributed by atoms with Gasteiger partial charge >= 0.3 is 5.97 Å². The van der Waals surface area contributed by atoms with Crippen molar-refractivity contribution in [2.24, 2.45) is 0 Å². The highest BCUT2D eigenvalue weighted by Crippen LogP contribution is 1.90. The van der Waals surface area contributed by atoms with Crippen molar-refractivity contribution >= 4 is 5.97 Å². The lowest BCUT2D eigenvalue weighted by Gasteiger charge is -1.98. The Morgan fingerprint density at radius 2 is 2.00 bits per heavy atom. The van der Waals surface area contributed by atoms with Crippen molar-refractivity contribution in [3.63, 3.8) is 0 Å². The molecule has 0 aromatic carbocycles. The zero-order valence-corrected chi connectivity index (χ0v) is 7.77. The largest absolute Gasteiger partial charge is 0.405 e. The number of hydrogen-bond donors (Lipinski definition) is 0. The SMILES string of the molecule is CCCC(=O)OC[n+]1ccccc1. The summed E-state index contributed by atoms with van der Waals surface area (Å²) in [5, 5.41) is 0. The maximum Gasteiger partial charge on any atom is 0.310 e. The van der Waals surface area contributed by atoms with Crippen molar-refractivity contribution in [1.82, 2.24) is 0 Å². The third kappa shape index (κ3) is 3.69. The predicted molar refractivity (Wildman–Crippen MR) is 47.6 cm³/mol. The Labute approximate surface area is 78.0 Å². The first-order chi connectivity index (χ1) is 6.33. The Balaban J connectivity index is 2.31. The Kier molecular flexibility index (Phi) is 3.96. The Morgan fingerprint density at radius 1 is 1.31 bits per heavy atom. The molecule has 0 saturated carbocycles. The van der Waals surface area contributed by atoms with Gasteiger partial charge < -0.3 is 4.74 Å². The lowest BCUT2D eigenvalue weighted by molar-refractivity contribution is -0.727. The van der Waals surface area contributed by atoms with E-state index in [1.165, 1.54) is 0 Å². The van der Waals surface area contributed by atoms with Gasteiger partial charge in [0.25, 0.3) is 6.73 Å². The molecule has 0 unspecified atom stereocenters. The molecule has 70 valence electrons. The summed E-state index contributed by atoms with van der Waals surface area (Å²) in [7, 11) is 0. The van der Waals surface area contributed by atoms with Crippen molar-refractivity contribution in [2.45, 2.75) is 26.5 Å². The first-order valence-corrected chi connectivity index (χ1v) is 4.42. The van der Waals surface area contributed by atoms with Gasteiger partial charge in [0.15, 0.2) is 12.4 Å². The predicted octanol–water partition coefficient (Wildman–Crippen LogP) is 1.27. The average molecular weight is 180 g/mol. The number of ether oxygens (including phenoxy) is 1. The van der Waals surface area contributed by atoms with Crippen LogP contribution in [0.3, 0.4) is 0 Å². The van der Waals surface area contributed by atoms with E-state index in [1.54, 1.807) is 0 Å². The molecule has 1 aromatic rings. The molecule has 0 spiro atoms. The van der Waals surface area contributed by atoms with Gasteiger partial charge in [0.05, 0.1) is 0 Å². The van der Waals surface area contributed by atoms with Crippen LogP contribution in [0.5, 0.6) is 0 Å². The maximum atomic E-state index is 11.0. The zero-order valence-electron chi connectivity index (χ0n) is 7.77. The van der Waals surface area contributed by atoms with Crippen molar-refractivity contribution in [3.05, 3.63) is 30.6 Å². The van der Waals surface area contributed by atoms with Crippen LogP contribution in [-0.2, 0) is 16.3 Å². The van der Waals surface area contributed by atoms with Crippen molar-refractivity contribution < 1.29 is 14.1 Å². The minimum Gasteiger partial charge on any atom is -0.405 e. The summed E-state index contributed by atoms with van der Waals surface area (Å²) in [4.78, 5) is 11.0. The fourth-order valence-corrected chi connectivity index (χ4v) is 0.943. The number of rotatable bonds is 4. The summed E-state index contributed by atoms with van der Waals surface area (Å²) in [5.74, 6) is -0.140. The molecule has 0 aliphatic rings. The van der Waals surface area contributed by atoms with Gasteiger partial charge in [-0.25, -0.2) is 0 Å². The van der Waals surface area contributed by atoms with E-state index in [1.807, 2.05) is 42.1 Å². The van der Waals surface area contributed by atoms with Gasteiger partial charge in [-0.3, -0.25) is 4.79 Å². The Morgan fingerprint density at radius 3 is 2.62 bits per heavy atom. The highest BCUT2D eigenvalue weighted by atomic mass is 16.5. The van der Waals surface area contributed by atoms with E-state index < -0.39 is 0 Å². The molecule has 0 bridgehead atoms. The van der Waals surface area contributed by atoms with Crippen LogP contribution in [0.25, 0.3) is 0 Å². The number of nitrogens with zero attached hydrogens (tertiary/aromatic N) is 1. The Hall–Kier alpha value is -1.38. The van der Waals surface area contributed by atoms with Gasteiger partial charge in [-0.2, -0.15) is 4.57 Å². The number of hydrogen-bond acceptors (Lipinski definition) is 2. The highest BCUT2D eigenvalue weighted by molar-refractivity contribution is 5.68. The van der Waals surface area contributed by atoms with Crippen LogP contribution in [0.1, 0.15) is 19.8 Å². The molecule has 13 heavy (non-hydrogen) atoms. The van der Waals surface area contributed by atoms with E-state index in [-0.39, 0.29) is 5.97 Å². The molecule has 0 fully saturated rings. The van der Waals surface area contributed by atoms with Crippen LogP contribution in [-0.4, -0.2) is 5.97 Å². The van der Waals surface area contributed by atoms with Crippen LogP contribution < -0.4 is 4.57 Å². The van der Waals surface area contributed by atoms with Crippen molar-refractivity contribution in [3.8, 4) is 0 Å². The molecule has 0 aliphatic heterocycles. The van der Waals surface area contributed by atoms with E-state index >= 15 is 0 Å². The smallest absolute Gasteiger partial charge is 0.310 e. The fourth-order valence-electron chi connectivity index (χ4n) is 0.943. The van der Waals surface area contributed by atoms with Crippen molar-refractivity contribution in [1.29, 1.82) is 0 Å². The van der Waals surface area contributed by atoms with Crippen LogP contribution in [0.15, 0.2) is 30.6 Å². The monoisotopic (exact) mass is 180 g/mol. The number of aromatic nitrogens is 1. The summed E-state index contributed by atoms with van der Waals surface area (Å²) < 4.78 is 6.81. The third-order valence-corrected chi connectivity index (χ3v) is 1.61. The molecule has 0 radical (unpaired) electrons. The molecule has 0 N–H and O–H groups in total. The summed E-state index contributed by atoms with van der Waals surface area (Å²) in [5.41, 5.74) is 0. The third-order valence-electron chi connectivity index (χ3n) is 1.61. The average Bonchev–Trinajstić information content (AvgIpc) is 2.17. The van der Waals surface area contributed by atoms with E-state index in [9.17, 15) is 4.79 Å². The normalized spacial score (nSPS) is 9.62. The molecule has 1 rings (SSSR count). The second-order valence-corrected chi connectivity index (χ2v) is 2.79. The molecule has 0 amide bonds. The summed E-state index contributed by atoms with van der Waals surface area (Å²) >= 11 is 0. The molecule has 0 atom stereocenters. The molecular weight excluding hydrogens is 166 g/mol. The van der Waals surface area contributed by atoms with Gasteiger partial charge in [0.1, 0.15) is 0 Å². The van der Waals surface area contributed by atoms with Crippen molar-refractivity contribution in [2.75, 3.05) is 0 Å². The van der Waals surface area contributed by atoms with Gasteiger partial charge in [-0.1, -0.05) is 13.0 Å². The number of pyridine rings is 1. The van der Waals surface area contributed by atoms with E-state index in [2.05, 4.69) is 0 Å². The fraction of sp³-hybridized carbons (Fsp3) is 0.400. The van der Waals surface area contributed by atoms with Gasteiger partial charge in [-0.15, -0.1) is 0 Å². The van der Waals surface area contributed by atoms with E-state index in [4.69, 9.17) is 4.74 Å². The van der Waals surface area contributed by atoms with E-state index in [0.717, 1.165) is 6.42 Å². The molecular formula is C10H14NO2+. The Bertz CT molecular complexity index is 259. The number of carbonyl (C=O) groups is 1. The lowest BCUT2D eigenvalue weighted by Crippen LogP contribution is -2.34. The zero-order chi connectivity index (χ0) is 9.52. The first-order valence-electron chi connectivity index (χ1n) is 4.42. The molecule has 3 heteroatoms. The molecule has 0 saturated heterocycles. The maximum absolute atomic E-state index is 11.0. The highest BCUT2D eigenvalue weighted by Gasteiger charge is 2.03. The van der Waals surface area contributed by atoms with Crippen LogP contribution in [0.4, 0.5) is 0 Å². The number of carbonyl (C=O) groups excluding carboxylic acids is 1. The summed E-state index contributed by atoms with van der Waals surface area (Å²) in [6, 6.07) is 5.71. The van der Waals surface area contributed by atoms with Gasteiger partial charge in [-0.05, 0) is 6.42 Å². The van der Waals surface area contributed by atoms with Crippen LogP contribution in [0.2, 0.25) is 0 Å². The minimum absolute atomic E-state index is 0.140. The van der Waals surface area contributed by atoms with Crippen LogP contribution in [0, 0.1) is 0 Å². The minimum atomic E-state index is -0.140. The van der Waals surface area contributed by atoms with Gasteiger partial charge in [0.2, 0.25) is 0 Å². The molecule has 3 nitrogen and oxygen atoms in total. The quantitative estimate of drug-likeness (QED) is 0.516. The van der Waals surface area contributed by atoms with Crippen LogP contribution >= 0.6 is 0 Å². The standard InChI is InChI=1S/C10H14NO2/c1-2-6-10(12)13-9-11-7-4-3-5-8-11/h3-5,7-8H,2,6,9H2,1H3/q+1. The molecule has 0 aliphatic carbocycles. The number of esters is 1. The molecule has 1 heterocycles. The van der Waals surface area contributed by atoms with E-state index in [0.29, 0.717) is 13.2 Å².